The molecule has 0 N–H and O–H groups in total. The summed E-state index contributed by atoms with van der Waals surface area (Å²) in [6.07, 6.45) is 4.27. The van der Waals surface area contributed by atoms with Crippen LogP contribution in [0.4, 0.5) is 0 Å². The third-order valence-electron chi connectivity index (χ3n) is 1.98. The smallest absolute Gasteiger partial charge is 0.0426 e. The van der Waals surface area contributed by atoms with Crippen molar-refractivity contribution in [2.24, 2.45) is 0 Å². The summed E-state index contributed by atoms with van der Waals surface area (Å²) in [6, 6.07) is 8.49. The molecule has 0 fully saturated rings. The summed E-state index contributed by atoms with van der Waals surface area (Å²) in [5, 5.41) is 0. The molecule has 80 valence electrons. The topological polar surface area (TPSA) is 3.24 Å². The Morgan fingerprint density at radius 1 is 1.07 bits per heavy atom. The molecule has 4 heteroatoms. The van der Waals surface area contributed by atoms with Crippen LogP contribution in [-0.2, 0) is 6.54 Å². The predicted molar refractivity (Wildman–Crippen MR) is 93.2 cm³/mol. The lowest BCUT2D eigenvalue weighted by Crippen LogP contribution is -2.13. The fourth-order valence-electron chi connectivity index (χ4n) is 1.37. The summed E-state index contributed by atoms with van der Waals surface area (Å²) >= 11 is 0. The molecule has 0 unspecified atom stereocenters. The molecule has 0 aliphatic carbocycles. The number of hydrogen-bond donors (Lipinski definition) is 0. The van der Waals surface area contributed by atoms with E-state index >= 15 is 0 Å². The van der Waals surface area contributed by atoms with E-state index in [1.165, 1.54) is 11.1 Å². The van der Waals surface area contributed by atoms with E-state index in [-0.39, 0.29) is 71.9 Å². The van der Waals surface area contributed by atoms with Crippen molar-refractivity contribution in [2.75, 3.05) is 7.05 Å². The second kappa shape index (κ2) is 8.14. The van der Waals surface area contributed by atoms with Gasteiger partial charge in [-0.25, -0.2) is 0 Å². The van der Waals surface area contributed by atoms with Crippen LogP contribution >= 0.6 is 71.9 Å². The van der Waals surface area contributed by atoms with Crippen molar-refractivity contribution in [2.45, 2.75) is 6.54 Å². The number of benzene rings is 1. The van der Waals surface area contributed by atoms with Gasteiger partial charge in [0, 0.05) is 13.6 Å². The van der Waals surface area contributed by atoms with Gasteiger partial charge in [0.1, 0.15) is 0 Å². The van der Waals surface area contributed by atoms with E-state index in [0.717, 1.165) is 6.54 Å². The molecule has 0 aromatic heterocycles. The van der Waals surface area contributed by atoms with E-state index in [1.807, 2.05) is 0 Å². The standard InChI is InChI=1S/C10H11N.3HI/c1-11-7-6-9-4-2-3-5-10(9)8-11;;;/h2-7H,8H2,1H3;3*1H. The maximum Gasteiger partial charge on any atom is 0.0426 e. The van der Waals surface area contributed by atoms with Crippen molar-refractivity contribution < 1.29 is 0 Å². The quantitative estimate of drug-likeness (QED) is 0.461. The lowest BCUT2D eigenvalue weighted by molar-refractivity contribution is 0.448. The Morgan fingerprint density at radius 2 is 1.71 bits per heavy atom. The van der Waals surface area contributed by atoms with E-state index in [4.69, 9.17) is 0 Å². The molecule has 1 aromatic carbocycles. The van der Waals surface area contributed by atoms with Crippen LogP contribution in [0.25, 0.3) is 6.08 Å². The van der Waals surface area contributed by atoms with Crippen LogP contribution in [-0.4, -0.2) is 11.9 Å². The van der Waals surface area contributed by atoms with Crippen molar-refractivity contribution in [1.29, 1.82) is 0 Å². The average molecular weight is 529 g/mol. The Hall–Kier alpha value is 0.950. The van der Waals surface area contributed by atoms with Crippen molar-refractivity contribution in [3.05, 3.63) is 41.6 Å². The molecule has 1 aromatic rings. The second-order valence-electron chi connectivity index (χ2n) is 2.93. The highest BCUT2D eigenvalue weighted by atomic mass is 127. The summed E-state index contributed by atoms with van der Waals surface area (Å²) in [5.41, 5.74) is 2.77. The van der Waals surface area contributed by atoms with Crippen LogP contribution in [0.5, 0.6) is 0 Å². The molecule has 0 spiro atoms. The molecule has 1 nitrogen and oxygen atoms in total. The Morgan fingerprint density at radius 3 is 2.43 bits per heavy atom. The lowest BCUT2D eigenvalue weighted by Gasteiger charge is -2.20. The summed E-state index contributed by atoms with van der Waals surface area (Å²) in [7, 11) is 2.09. The summed E-state index contributed by atoms with van der Waals surface area (Å²) in [4.78, 5) is 2.18. The minimum Gasteiger partial charge on any atom is -0.376 e. The van der Waals surface area contributed by atoms with Crippen molar-refractivity contribution in [1.82, 2.24) is 4.90 Å². The van der Waals surface area contributed by atoms with Gasteiger partial charge in [-0.15, -0.1) is 71.9 Å². The van der Waals surface area contributed by atoms with Gasteiger partial charge in [-0.2, -0.15) is 0 Å². The maximum atomic E-state index is 2.18. The van der Waals surface area contributed by atoms with Crippen molar-refractivity contribution in [3.8, 4) is 0 Å². The second-order valence-corrected chi connectivity index (χ2v) is 2.93. The van der Waals surface area contributed by atoms with Crippen molar-refractivity contribution >= 4 is 78.0 Å². The summed E-state index contributed by atoms with van der Waals surface area (Å²) < 4.78 is 0. The first kappa shape index (κ1) is 17.3. The zero-order chi connectivity index (χ0) is 7.68. The number of rotatable bonds is 0. The normalized spacial score (nSPS) is 11.6. The van der Waals surface area contributed by atoms with Gasteiger partial charge in [0.2, 0.25) is 0 Å². The third-order valence-corrected chi connectivity index (χ3v) is 1.98. The molecular formula is C10H14I3N. The van der Waals surface area contributed by atoms with Crippen LogP contribution in [0.2, 0.25) is 0 Å². The van der Waals surface area contributed by atoms with Gasteiger partial charge in [0.15, 0.2) is 0 Å². The zero-order valence-electron chi connectivity index (χ0n) is 7.84. The Balaban J connectivity index is 0. The SMILES string of the molecule is CN1C=Cc2ccccc2C1.I.I.I. The first-order valence-electron chi connectivity index (χ1n) is 3.82. The third kappa shape index (κ3) is 4.21. The van der Waals surface area contributed by atoms with Gasteiger partial charge in [-0.1, -0.05) is 24.3 Å². The number of nitrogens with zero attached hydrogens (tertiary/aromatic N) is 1. The summed E-state index contributed by atoms with van der Waals surface area (Å²) in [6.45, 7) is 1.03. The molecule has 0 bridgehead atoms. The van der Waals surface area contributed by atoms with E-state index in [0.29, 0.717) is 0 Å². The first-order valence-corrected chi connectivity index (χ1v) is 3.82. The van der Waals surface area contributed by atoms with Gasteiger partial charge in [0.25, 0.3) is 0 Å². The largest absolute Gasteiger partial charge is 0.376 e. The van der Waals surface area contributed by atoms with Crippen molar-refractivity contribution in [3.63, 3.8) is 0 Å². The molecule has 1 aliphatic heterocycles. The Bertz CT molecular complexity index is 299. The molecule has 0 atom stereocenters. The number of halogens is 3. The van der Waals surface area contributed by atoms with E-state index in [9.17, 15) is 0 Å². The van der Waals surface area contributed by atoms with Gasteiger partial charge in [0.05, 0.1) is 0 Å². The molecule has 14 heavy (non-hydrogen) atoms. The van der Waals surface area contributed by atoms with Gasteiger partial charge >= 0.3 is 0 Å². The first-order chi connectivity index (χ1) is 5.36. The van der Waals surface area contributed by atoms with Gasteiger partial charge < -0.3 is 4.90 Å². The number of hydrogen-bond acceptors (Lipinski definition) is 1. The summed E-state index contributed by atoms with van der Waals surface area (Å²) in [5.74, 6) is 0. The lowest BCUT2D eigenvalue weighted by atomic mass is 10.1. The molecule has 2 rings (SSSR count). The van der Waals surface area contributed by atoms with E-state index < -0.39 is 0 Å². The van der Waals surface area contributed by atoms with Gasteiger partial charge in [-0.05, 0) is 23.4 Å². The minimum atomic E-state index is 0. The monoisotopic (exact) mass is 529 g/mol. The molecular weight excluding hydrogens is 515 g/mol. The molecule has 1 heterocycles. The van der Waals surface area contributed by atoms with E-state index in [2.05, 4.69) is 48.5 Å². The molecule has 0 radical (unpaired) electrons. The highest BCUT2D eigenvalue weighted by molar-refractivity contribution is 14.0. The van der Waals surface area contributed by atoms with Crippen LogP contribution in [0.1, 0.15) is 11.1 Å². The zero-order valence-corrected chi connectivity index (χ0v) is 14.8. The number of fused-ring (bicyclic) bond motifs is 1. The fraction of sp³-hybridized carbons (Fsp3) is 0.200. The Labute approximate surface area is 136 Å². The van der Waals surface area contributed by atoms with Crippen LogP contribution in [0.3, 0.4) is 0 Å². The average Bonchev–Trinajstić information content (AvgIpc) is 2.04. The maximum absolute atomic E-state index is 2.18. The van der Waals surface area contributed by atoms with Crippen LogP contribution in [0.15, 0.2) is 30.5 Å². The Kier molecular flexibility index (Phi) is 10.1. The minimum absolute atomic E-state index is 0. The highest BCUT2D eigenvalue weighted by Gasteiger charge is 2.04. The molecule has 0 amide bonds. The highest BCUT2D eigenvalue weighted by Crippen LogP contribution is 2.17. The molecule has 0 saturated carbocycles. The predicted octanol–water partition coefficient (Wildman–Crippen LogP) is 3.96. The van der Waals surface area contributed by atoms with E-state index in [1.54, 1.807) is 0 Å². The van der Waals surface area contributed by atoms with Crippen LogP contribution in [0, 0.1) is 0 Å². The molecule has 1 aliphatic rings. The fourth-order valence-corrected chi connectivity index (χ4v) is 1.37. The van der Waals surface area contributed by atoms with Gasteiger partial charge in [-0.3, -0.25) is 0 Å². The van der Waals surface area contributed by atoms with Crippen LogP contribution < -0.4 is 0 Å². The molecule has 0 saturated heterocycles.